The largest absolute Gasteiger partial charge is 0.0629 e. The first kappa shape index (κ1) is 48.6. The molecule has 0 radical (unpaired) electrons. The molecule has 0 spiro atoms. The summed E-state index contributed by atoms with van der Waals surface area (Å²) >= 11 is 0. The first-order valence-corrected chi connectivity index (χ1v) is 25.7. The summed E-state index contributed by atoms with van der Waals surface area (Å²) in [7, 11) is 0. The number of hydrogen-bond acceptors (Lipinski definition) is 0. The summed E-state index contributed by atoms with van der Waals surface area (Å²) in [6.45, 7) is 52.8. The van der Waals surface area contributed by atoms with Gasteiger partial charge in [0.15, 0.2) is 0 Å². The fourth-order valence-electron chi connectivity index (χ4n) is 9.74. The molecule has 0 nitrogen and oxygen atoms in total. The lowest BCUT2D eigenvalue weighted by Crippen LogP contribution is -2.15. The van der Waals surface area contributed by atoms with Crippen LogP contribution in [0.2, 0.25) is 0 Å². The molecule has 0 bridgehead atoms. The average Bonchev–Trinajstić information content (AvgIpc) is 3.25. The predicted molar refractivity (Wildman–Crippen MR) is 323 cm³/mol. The monoisotopic (exact) mass is 969 g/mol. The molecule has 6 rings (SSSR count). The van der Waals surface area contributed by atoms with Crippen LogP contribution in [0.25, 0.3) is 0 Å². The van der Waals surface area contributed by atoms with Gasteiger partial charge in [0.2, 0.25) is 0 Å². The smallest absolute Gasteiger partial charge is 0.0622 e. The number of rotatable bonds is 0. The van der Waals surface area contributed by atoms with E-state index in [0.29, 0.717) is 27.7 Å². The first-order valence-electron chi connectivity index (χ1n) is 30.7. The topological polar surface area (TPSA) is 0 Å². The molecule has 0 aliphatic heterocycles. The van der Waals surface area contributed by atoms with Crippen molar-refractivity contribution in [3.05, 3.63) is 210 Å². The van der Waals surface area contributed by atoms with Crippen LogP contribution in [-0.4, -0.2) is 0 Å². The predicted octanol–water partition coefficient (Wildman–Crippen LogP) is 21.3. The lowest BCUT2D eigenvalue weighted by atomic mass is 9.80. The third-order valence-electron chi connectivity index (χ3n) is 12.1. The van der Waals surface area contributed by atoms with Crippen molar-refractivity contribution in [1.82, 2.24) is 0 Å². The van der Waals surface area contributed by atoms with Crippen LogP contribution < -0.4 is 0 Å². The normalized spacial score (nSPS) is 14.1. The Labute approximate surface area is 455 Å². The van der Waals surface area contributed by atoms with Crippen molar-refractivity contribution in [3.63, 3.8) is 0 Å². The fourth-order valence-corrected chi connectivity index (χ4v) is 9.74. The summed E-state index contributed by atoms with van der Waals surface area (Å²) < 4.78 is 76.4. The molecule has 71 heavy (non-hydrogen) atoms. The molecule has 0 heterocycles. The highest BCUT2D eigenvalue weighted by molar-refractivity contribution is 5.43. The second-order valence-electron chi connectivity index (χ2n) is 25.9. The molecule has 0 saturated carbocycles. The van der Waals surface area contributed by atoms with Crippen LogP contribution in [-0.2, 0) is 32.5 Å². The van der Waals surface area contributed by atoms with Gasteiger partial charge in [-0.1, -0.05) is 256 Å². The lowest BCUT2D eigenvalue weighted by molar-refractivity contribution is 0.581. The average molecular weight is 970 g/mol. The Balaban J connectivity index is 0.000000489. The van der Waals surface area contributed by atoms with Crippen molar-refractivity contribution in [3.8, 4) is 0 Å². The molecule has 0 amide bonds. The summed E-state index contributed by atoms with van der Waals surface area (Å²) in [6.07, 6.45) is 0. The van der Waals surface area contributed by atoms with Crippen molar-refractivity contribution < 1.29 is 13.7 Å². The molecule has 0 heteroatoms. The molecule has 0 saturated heterocycles. The molecular weight excluding hydrogens is 853 g/mol. The number of hydrogen-bond donors (Lipinski definition) is 0. The van der Waals surface area contributed by atoms with E-state index in [2.05, 4.69) is 184 Å². The Hall–Kier alpha value is -4.68. The Morgan fingerprint density at radius 2 is 0.606 bits per heavy atom. The SMILES string of the molecule is CC(C)(C)c1ccccc1.Cc1cc(C)c(C(C)(C)C)c(C)c1.Cc1cccc(C)c1C(C)(C)C.[2H]C([2H])([2H])c1cc(C)cc(C)c1C(C)(C)C.[2H]C([2H])([2H])c1cccc(C)c1C(C)(C)C.[2H]c1c([2H])c(C)c([2H])c(C(C)(C)C)c1[2H]. The zero-order valence-electron chi connectivity index (χ0n) is 60.2. The second-order valence-corrected chi connectivity index (χ2v) is 25.9. The Bertz CT molecular complexity index is 2930. The maximum absolute atomic E-state index is 7.91. The van der Waals surface area contributed by atoms with E-state index in [0.717, 1.165) is 27.8 Å². The van der Waals surface area contributed by atoms with Crippen LogP contribution in [0.1, 0.15) is 233 Å². The van der Waals surface area contributed by atoms with Gasteiger partial charge in [-0.3, -0.25) is 0 Å². The molecule has 0 atom stereocenters. The van der Waals surface area contributed by atoms with Gasteiger partial charge in [-0.25, -0.2) is 0 Å². The van der Waals surface area contributed by atoms with E-state index in [1.54, 1.807) is 19.1 Å². The summed E-state index contributed by atoms with van der Waals surface area (Å²) in [5.41, 5.74) is 18.7. The van der Waals surface area contributed by atoms with Crippen molar-refractivity contribution in [2.24, 2.45) is 0 Å². The highest BCUT2D eigenvalue weighted by atomic mass is 14.3. The summed E-state index contributed by atoms with van der Waals surface area (Å²) in [5, 5.41) is 0. The van der Waals surface area contributed by atoms with Crippen LogP contribution >= 0.6 is 0 Å². The molecule has 6 aromatic carbocycles. The van der Waals surface area contributed by atoms with Gasteiger partial charge in [-0.15, -0.1) is 0 Å². The van der Waals surface area contributed by atoms with Gasteiger partial charge in [-0.2, -0.15) is 0 Å². The van der Waals surface area contributed by atoms with Crippen LogP contribution in [0.3, 0.4) is 0 Å². The molecule has 390 valence electrons. The number of aryl methyl sites for hydroxylation is 10. The van der Waals surface area contributed by atoms with Crippen LogP contribution in [0, 0.1) is 76.0 Å². The quantitative estimate of drug-likeness (QED) is 0.142. The van der Waals surface area contributed by atoms with E-state index in [9.17, 15) is 0 Å². The van der Waals surface area contributed by atoms with Crippen molar-refractivity contribution in [2.75, 3.05) is 0 Å². The van der Waals surface area contributed by atoms with Crippen molar-refractivity contribution >= 4 is 0 Å². The van der Waals surface area contributed by atoms with E-state index < -0.39 is 13.7 Å². The summed E-state index contributed by atoms with van der Waals surface area (Å²) in [6, 6.07) is 31.1. The van der Waals surface area contributed by atoms with Gasteiger partial charge in [0, 0.05) is 8.22 Å². The minimum atomic E-state index is -2.03. The third-order valence-corrected chi connectivity index (χ3v) is 12.1. The zero-order valence-corrected chi connectivity index (χ0v) is 50.2. The maximum Gasteiger partial charge on any atom is 0.0629 e. The highest BCUT2D eigenvalue weighted by Gasteiger charge is 2.21. The molecule has 6 aromatic rings. The fraction of sp³-hybridized carbons (Fsp3) is 0.493. The van der Waals surface area contributed by atoms with Gasteiger partial charge >= 0.3 is 0 Å². The van der Waals surface area contributed by atoms with Gasteiger partial charge in [-0.05, 0) is 186 Å². The van der Waals surface area contributed by atoms with Gasteiger partial charge in [0.1, 0.15) is 0 Å². The minimum absolute atomic E-state index is 0.00185. The highest BCUT2D eigenvalue weighted by Crippen LogP contribution is 2.32. The lowest BCUT2D eigenvalue weighted by Gasteiger charge is -2.24. The van der Waals surface area contributed by atoms with Crippen molar-refractivity contribution in [2.45, 2.75) is 233 Å². The van der Waals surface area contributed by atoms with E-state index in [-0.39, 0.29) is 51.2 Å². The standard InChI is InChI=1S/2C13H20.2C12H18.C11H16.C10H14/c2*1-9-7-10(2)12(11(3)8-9)13(4,5)6;2*1-9-7-6-8-10(2)11(9)12(3,4)5;1-9-6-5-7-10(8-9)11(2,3)4;1-10(2,3)9-7-5-4-6-8-9/h2*7-8H,1-6H3;2*6-8H,1-5H3;5-8H,1-4H3;4-8H,1-3H3/i2D3;;1D3;;5D,6D,7D,8D;. The molecule has 0 aromatic heterocycles. The molecule has 0 fully saturated rings. The summed E-state index contributed by atoms with van der Waals surface area (Å²) in [5.74, 6) is 0. The number of benzene rings is 6. The third kappa shape index (κ3) is 21.9. The second kappa shape index (κ2) is 26.3. The van der Waals surface area contributed by atoms with Gasteiger partial charge in [0.05, 0.1) is 5.48 Å². The molecular formula is C71H106. The summed E-state index contributed by atoms with van der Waals surface area (Å²) in [4.78, 5) is 0. The Morgan fingerprint density at radius 3 is 0.915 bits per heavy atom. The molecule has 0 N–H and O–H groups in total. The molecule has 0 unspecified atom stereocenters. The van der Waals surface area contributed by atoms with E-state index in [1.165, 1.54) is 44.5 Å². The van der Waals surface area contributed by atoms with Crippen molar-refractivity contribution in [1.29, 1.82) is 0 Å². The molecule has 0 aliphatic rings. The van der Waals surface area contributed by atoms with E-state index in [1.807, 2.05) is 74.4 Å². The van der Waals surface area contributed by atoms with Crippen LogP contribution in [0.5, 0.6) is 0 Å². The van der Waals surface area contributed by atoms with Crippen LogP contribution in [0.15, 0.2) is 115 Å². The van der Waals surface area contributed by atoms with Crippen LogP contribution in [0.4, 0.5) is 0 Å². The minimum Gasteiger partial charge on any atom is -0.0622 e. The Kier molecular flexibility index (Phi) is 18.0. The van der Waals surface area contributed by atoms with E-state index in [4.69, 9.17) is 13.7 Å². The molecule has 0 aliphatic carbocycles. The van der Waals surface area contributed by atoms with E-state index >= 15 is 0 Å². The van der Waals surface area contributed by atoms with Gasteiger partial charge < -0.3 is 0 Å². The van der Waals surface area contributed by atoms with Gasteiger partial charge in [0.25, 0.3) is 0 Å². The maximum atomic E-state index is 7.91. The Morgan fingerprint density at radius 1 is 0.296 bits per heavy atom. The first-order chi connectivity index (χ1) is 36.2. The zero-order chi connectivity index (χ0) is 63.7.